The van der Waals surface area contributed by atoms with Gasteiger partial charge in [-0.15, -0.1) is 0 Å². The summed E-state index contributed by atoms with van der Waals surface area (Å²) in [5.41, 5.74) is 56.4. The molecule has 0 N–H and O–H groups in total. The minimum absolute atomic E-state index is 0.305. The first-order valence-corrected chi connectivity index (χ1v) is 39.2. The minimum atomic E-state index is 0.305. The molecule has 0 spiro atoms. The molecule has 0 saturated carbocycles. The van der Waals surface area contributed by atoms with Crippen LogP contribution in [0.15, 0.2) is 289 Å². The van der Waals surface area contributed by atoms with E-state index in [4.69, 9.17) is 0 Å². The van der Waals surface area contributed by atoms with Gasteiger partial charge in [-0.1, -0.05) is 265 Å². The van der Waals surface area contributed by atoms with Crippen molar-refractivity contribution in [1.82, 2.24) is 0 Å². The zero-order chi connectivity index (χ0) is 67.3. The van der Waals surface area contributed by atoms with Gasteiger partial charge in [0.2, 0.25) is 0 Å². The highest BCUT2D eigenvalue weighted by molar-refractivity contribution is 5.95. The van der Waals surface area contributed by atoms with Gasteiger partial charge in [-0.25, -0.2) is 0 Å². The number of rotatable bonds is 0. The Morgan fingerprint density at radius 3 is 0.462 bits per heavy atom. The lowest BCUT2D eigenvalue weighted by Crippen LogP contribution is -2.33. The summed E-state index contributed by atoms with van der Waals surface area (Å²) in [6.45, 7) is 0. The fourth-order valence-electron chi connectivity index (χ4n) is 24.3. The molecule has 0 heterocycles. The van der Waals surface area contributed by atoms with Gasteiger partial charge in [0.15, 0.2) is 0 Å². The van der Waals surface area contributed by atoms with Crippen molar-refractivity contribution in [1.29, 1.82) is 0 Å². The lowest BCUT2D eigenvalue weighted by Gasteiger charge is -2.47. The fourth-order valence-corrected chi connectivity index (χ4v) is 24.3. The molecule has 0 atom stereocenters. The van der Waals surface area contributed by atoms with E-state index in [1.165, 1.54) is 111 Å². The first kappa shape index (κ1) is 57.6. The standard InChI is InChI=1S/C52H40.C52H36/c2*1-2-10-34-33(9-1)49-35-11-3-4-12-36(35)50(34)46-26-42-30-18-17-29(41(42)25-45(46)49)21-22-31-19-20-32(24-23-30)44-28-48-47(27-43(31)44)51-37-13-5-7-15-39(37)52(48)40-16-8-6-14-38(40)51/h1-20,49-52H,21-28H2;1-20,25-28,49-52H,21-24H2. The zero-order valence-electron chi connectivity index (χ0n) is 58.5. The van der Waals surface area contributed by atoms with Gasteiger partial charge in [-0.2, -0.15) is 0 Å². The molecular formula is C104H76. The van der Waals surface area contributed by atoms with Crippen molar-refractivity contribution in [2.75, 3.05) is 0 Å². The summed E-state index contributed by atoms with van der Waals surface area (Å²) < 4.78 is 0. The largest absolute Gasteiger partial charge is 0.0619 e. The highest BCUT2D eigenvalue weighted by Gasteiger charge is 2.48. The molecule has 0 nitrogen and oxygen atoms in total. The van der Waals surface area contributed by atoms with Gasteiger partial charge >= 0.3 is 0 Å². The lowest BCUT2D eigenvalue weighted by atomic mass is 9.57. The SMILES string of the molecule is c1ccc2c(c1)C1C3=C(Cc4c5ccc(c4C3)CCc3ccc(c4c3CC3=C(C4)C4c6ccccc6C3c3ccccc34)CC5)C2c2ccccc21.c1ccc2c(c1)C1c3ccccc3C2c2cc3c4ccc(c3cc21)CCc1ccc(c2cc3c(cc12)C1c2ccccc2C3c2ccccc21)CC4. The third-order valence-corrected chi connectivity index (χ3v) is 28.6. The van der Waals surface area contributed by atoms with Crippen LogP contribution in [0.25, 0.3) is 21.5 Å². The monoisotopic (exact) mass is 1320 g/mol. The summed E-state index contributed by atoms with van der Waals surface area (Å²) >= 11 is 0. The van der Waals surface area contributed by atoms with Crippen LogP contribution in [0.5, 0.6) is 0 Å². The Morgan fingerprint density at radius 2 is 0.288 bits per heavy atom. The van der Waals surface area contributed by atoms with Crippen LogP contribution in [-0.4, -0.2) is 0 Å². The molecule has 0 aliphatic heterocycles. The molecule has 16 bridgehead atoms. The van der Waals surface area contributed by atoms with E-state index in [0.29, 0.717) is 47.3 Å². The summed E-state index contributed by atoms with van der Waals surface area (Å²) in [5.74, 6) is 2.83. The average Bonchev–Trinajstić information content (AvgIpc) is 0.715. The van der Waals surface area contributed by atoms with E-state index >= 15 is 0 Å². The molecule has 32 rings (SSSR count). The molecule has 0 fully saturated rings. The maximum absolute atomic E-state index is 2.63. The predicted molar refractivity (Wildman–Crippen MR) is 422 cm³/mol. The Hall–Kier alpha value is -10.9. The van der Waals surface area contributed by atoms with Gasteiger partial charge in [0.05, 0.1) is 0 Å². The number of hydrogen-bond donors (Lipinski definition) is 0. The summed E-state index contributed by atoms with van der Waals surface area (Å²) in [5, 5.41) is 5.89. The lowest BCUT2D eigenvalue weighted by molar-refractivity contribution is 0.662. The normalized spacial score (nSPS) is 22.1. The minimum Gasteiger partial charge on any atom is -0.0619 e. The molecule has 104 heavy (non-hydrogen) atoms. The Kier molecular flexibility index (Phi) is 11.8. The highest BCUT2D eigenvalue weighted by atomic mass is 14.5. The molecule has 18 aliphatic rings. The van der Waals surface area contributed by atoms with Gasteiger partial charge in [0.25, 0.3) is 0 Å². The maximum Gasteiger partial charge on any atom is 0.0349 e. The molecule has 0 aromatic heterocycles. The van der Waals surface area contributed by atoms with Crippen molar-refractivity contribution in [3.8, 4) is 0 Å². The fraction of sp³-hybridized carbons (Fsp3) is 0.192. The summed E-state index contributed by atoms with van der Waals surface area (Å²) in [6.07, 6.45) is 13.1. The topological polar surface area (TPSA) is 0 Å². The second kappa shape index (κ2) is 21.4. The van der Waals surface area contributed by atoms with Crippen LogP contribution >= 0.6 is 0 Å². The number of hydrogen-bond acceptors (Lipinski definition) is 0. The smallest absolute Gasteiger partial charge is 0.0349 e. The Labute approximate surface area is 609 Å². The van der Waals surface area contributed by atoms with E-state index in [1.807, 2.05) is 0 Å². The van der Waals surface area contributed by atoms with E-state index in [-0.39, 0.29) is 0 Å². The van der Waals surface area contributed by atoms with E-state index in [2.05, 4.69) is 267 Å². The zero-order valence-corrected chi connectivity index (χ0v) is 58.5. The molecule has 18 aliphatic carbocycles. The van der Waals surface area contributed by atoms with E-state index in [0.717, 1.165) is 77.0 Å². The summed E-state index contributed by atoms with van der Waals surface area (Å²) in [4.78, 5) is 0. The van der Waals surface area contributed by atoms with Gasteiger partial charge in [-0.3, -0.25) is 0 Å². The van der Waals surface area contributed by atoms with E-state index in [1.54, 1.807) is 111 Å². The highest BCUT2D eigenvalue weighted by Crippen LogP contribution is 2.63. The molecule has 0 amide bonds. The van der Waals surface area contributed by atoms with Crippen molar-refractivity contribution in [3.05, 3.63) is 467 Å². The van der Waals surface area contributed by atoms with Gasteiger partial charge in [0, 0.05) is 47.3 Å². The van der Waals surface area contributed by atoms with Crippen LogP contribution in [0.4, 0.5) is 0 Å². The van der Waals surface area contributed by atoms with Crippen molar-refractivity contribution < 1.29 is 0 Å². The van der Waals surface area contributed by atoms with Crippen LogP contribution in [0.3, 0.4) is 0 Å². The number of aryl methyl sites for hydroxylation is 8. The molecule has 0 radical (unpaired) electrons. The van der Waals surface area contributed by atoms with Crippen LogP contribution in [0, 0.1) is 0 Å². The molecule has 0 heteroatoms. The quantitative estimate of drug-likeness (QED) is 0.133. The Balaban J connectivity index is 0.000000121. The number of allylic oxidation sites excluding steroid dienone is 4. The van der Waals surface area contributed by atoms with Gasteiger partial charge < -0.3 is 0 Å². The van der Waals surface area contributed by atoms with Crippen molar-refractivity contribution >= 4 is 21.5 Å². The van der Waals surface area contributed by atoms with Gasteiger partial charge in [0.1, 0.15) is 0 Å². The molecule has 14 aromatic carbocycles. The first-order chi connectivity index (χ1) is 51.6. The molecular weight excluding hydrogens is 1250 g/mol. The second-order valence-electron chi connectivity index (χ2n) is 32.8. The number of benzene rings is 14. The van der Waals surface area contributed by atoms with Crippen molar-refractivity contribution in [3.63, 3.8) is 0 Å². The number of fused-ring (bicyclic) bond motifs is 8. The average molecular weight is 1330 g/mol. The molecule has 14 aromatic rings. The third-order valence-electron chi connectivity index (χ3n) is 28.6. The summed E-state index contributed by atoms with van der Waals surface area (Å²) in [6, 6.07) is 105. The van der Waals surface area contributed by atoms with E-state index in [9.17, 15) is 0 Å². The molecule has 492 valence electrons. The Bertz CT molecular complexity index is 5360. The molecule has 0 unspecified atom stereocenters. The van der Waals surface area contributed by atoms with Crippen LogP contribution in [0.2, 0.25) is 0 Å². The van der Waals surface area contributed by atoms with Crippen molar-refractivity contribution in [2.45, 2.75) is 124 Å². The first-order valence-electron chi connectivity index (χ1n) is 39.2. The van der Waals surface area contributed by atoms with Crippen LogP contribution in [-0.2, 0) is 77.0 Å². The summed E-state index contributed by atoms with van der Waals surface area (Å²) in [7, 11) is 0. The van der Waals surface area contributed by atoms with Crippen molar-refractivity contribution in [2.24, 2.45) is 0 Å². The van der Waals surface area contributed by atoms with Crippen LogP contribution < -0.4 is 0 Å². The third kappa shape index (κ3) is 7.74. The second-order valence-corrected chi connectivity index (χ2v) is 32.8. The van der Waals surface area contributed by atoms with Crippen LogP contribution in [0.1, 0.15) is 225 Å². The molecule has 0 saturated heterocycles. The van der Waals surface area contributed by atoms with E-state index < -0.39 is 0 Å². The van der Waals surface area contributed by atoms with Gasteiger partial charge in [-0.05, 0) is 301 Å². The maximum atomic E-state index is 2.63. The Morgan fingerprint density at radius 1 is 0.144 bits per heavy atom. The predicted octanol–water partition coefficient (Wildman–Crippen LogP) is 22.8.